The topological polar surface area (TPSA) is 102 Å². The van der Waals surface area contributed by atoms with Gasteiger partial charge >= 0.3 is 5.97 Å². The number of hydrogen-bond acceptors (Lipinski definition) is 4. The fourth-order valence-corrected chi connectivity index (χ4v) is 1.99. The fourth-order valence-electron chi connectivity index (χ4n) is 1.99. The van der Waals surface area contributed by atoms with Crippen molar-refractivity contribution in [2.24, 2.45) is 11.7 Å². The summed E-state index contributed by atoms with van der Waals surface area (Å²) < 4.78 is 4.91. The lowest BCUT2D eigenvalue weighted by Crippen LogP contribution is -2.41. The zero-order valence-corrected chi connectivity index (χ0v) is 12.6. The van der Waals surface area contributed by atoms with Gasteiger partial charge in [0.15, 0.2) is 0 Å². The Morgan fingerprint density at radius 1 is 1.30 bits per heavy atom. The van der Waals surface area contributed by atoms with Crippen molar-refractivity contribution >= 4 is 11.9 Å². The number of carboxylic acid groups (broad SMARTS) is 1. The quantitative estimate of drug-likeness (QED) is 0.467. The van der Waals surface area contributed by atoms with Gasteiger partial charge in [0.1, 0.15) is 0 Å². The Hall–Kier alpha value is -1.14. The van der Waals surface area contributed by atoms with Gasteiger partial charge in [-0.25, -0.2) is 0 Å². The molecule has 0 aromatic carbocycles. The van der Waals surface area contributed by atoms with E-state index >= 15 is 0 Å². The van der Waals surface area contributed by atoms with Gasteiger partial charge in [-0.05, 0) is 31.6 Å². The molecule has 0 saturated carbocycles. The number of carbonyl (C=O) groups excluding carboxylic acids is 1. The number of nitrogens with one attached hydrogen (secondary N) is 1. The molecule has 0 radical (unpaired) electrons. The molecule has 0 aliphatic carbocycles. The molecule has 0 heterocycles. The second-order valence-corrected chi connectivity index (χ2v) is 5.03. The van der Waals surface area contributed by atoms with Crippen LogP contribution in [0.3, 0.4) is 0 Å². The van der Waals surface area contributed by atoms with Crippen LogP contribution < -0.4 is 11.1 Å². The fraction of sp³-hybridized carbons (Fsp3) is 0.857. The third-order valence-corrected chi connectivity index (χ3v) is 3.40. The summed E-state index contributed by atoms with van der Waals surface area (Å²) in [6.45, 7) is 3.19. The molecule has 0 aromatic heterocycles. The first-order chi connectivity index (χ1) is 9.51. The van der Waals surface area contributed by atoms with Gasteiger partial charge in [0.25, 0.3) is 0 Å². The molecule has 2 unspecified atom stereocenters. The highest BCUT2D eigenvalue weighted by molar-refractivity contribution is 5.81. The second kappa shape index (κ2) is 11.7. The number of hydrogen-bond donors (Lipinski definition) is 3. The van der Waals surface area contributed by atoms with E-state index in [4.69, 9.17) is 15.6 Å². The van der Waals surface area contributed by atoms with Gasteiger partial charge in [0, 0.05) is 26.7 Å². The van der Waals surface area contributed by atoms with Crippen LogP contribution in [-0.2, 0) is 14.3 Å². The number of rotatable bonds is 12. The van der Waals surface area contributed by atoms with Gasteiger partial charge in [-0.15, -0.1) is 0 Å². The van der Waals surface area contributed by atoms with Crippen LogP contribution in [0.25, 0.3) is 0 Å². The molecule has 1 amide bonds. The maximum Gasteiger partial charge on any atom is 0.303 e. The summed E-state index contributed by atoms with van der Waals surface area (Å²) in [5.41, 5.74) is 5.76. The molecular formula is C14H28N2O4. The van der Waals surface area contributed by atoms with Gasteiger partial charge < -0.3 is 20.9 Å². The van der Waals surface area contributed by atoms with Crippen LogP contribution in [0.15, 0.2) is 0 Å². The van der Waals surface area contributed by atoms with Crippen LogP contribution >= 0.6 is 0 Å². The highest BCUT2D eigenvalue weighted by Gasteiger charge is 2.14. The Kier molecular flexibility index (Phi) is 11.0. The number of amides is 1. The summed E-state index contributed by atoms with van der Waals surface area (Å²) >= 11 is 0. The van der Waals surface area contributed by atoms with Crippen LogP contribution in [0.5, 0.6) is 0 Å². The zero-order chi connectivity index (χ0) is 15.4. The van der Waals surface area contributed by atoms with Gasteiger partial charge in [0.2, 0.25) is 5.91 Å². The van der Waals surface area contributed by atoms with E-state index in [9.17, 15) is 9.59 Å². The lowest BCUT2D eigenvalue weighted by molar-refractivity contribution is -0.137. The Bertz CT molecular complexity index is 284. The molecule has 2 atom stereocenters. The van der Waals surface area contributed by atoms with Gasteiger partial charge in [0.05, 0.1) is 6.04 Å². The Labute approximate surface area is 121 Å². The molecule has 20 heavy (non-hydrogen) atoms. The first-order valence-electron chi connectivity index (χ1n) is 7.25. The predicted molar refractivity (Wildman–Crippen MR) is 77.4 cm³/mol. The molecule has 0 saturated heterocycles. The molecule has 4 N–H and O–H groups in total. The van der Waals surface area contributed by atoms with Crippen molar-refractivity contribution < 1.29 is 19.4 Å². The zero-order valence-electron chi connectivity index (χ0n) is 12.6. The molecule has 118 valence electrons. The maximum absolute atomic E-state index is 11.7. The summed E-state index contributed by atoms with van der Waals surface area (Å²) in [7, 11) is 1.62. The predicted octanol–water partition coefficient (Wildman–Crippen LogP) is 1.14. The van der Waals surface area contributed by atoms with Crippen LogP contribution in [0.2, 0.25) is 0 Å². The van der Waals surface area contributed by atoms with Crippen molar-refractivity contribution in [2.45, 2.75) is 51.5 Å². The van der Waals surface area contributed by atoms with E-state index in [1.807, 2.05) is 6.92 Å². The normalized spacial score (nSPS) is 13.8. The summed E-state index contributed by atoms with van der Waals surface area (Å²) in [6, 6.07) is -0.496. The van der Waals surface area contributed by atoms with Crippen molar-refractivity contribution in [1.29, 1.82) is 0 Å². The van der Waals surface area contributed by atoms with E-state index in [0.29, 0.717) is 31.9 Å². The minimum atomic E-state index is -0.771. The smallest absolute Gasteiger partial charge is 0.303 e. The van der Waals surface area contributed by atoms with E-state index in [-0.39, 0.29) is 12.3 Å². The maximum atomic E-state index is 11.7. The van der Waals surface area contributed by atoms with Crippen molar-refractivity contribution in [3.63, 3.8) is 0 Å². The molecule has 0 aliphatic rings. The van der Waals surface area contributed by atoms with Gasteiger partial charge in [-0.3, -0.25) is 9.59 Å². The SMILES string of the molecule is CCC(CCNC(=O)C(N)CCCOC)CCC(=O)O. The molecule has 6 heteroatoms. The van der Waals surface area contributed by atoms with Crippen LogP contribution in [-0.4, -0.2) is 43.3 Å². The summed E-state index contributed by atoms with van der Waals surface area (Å²) in [5.74, 6) is -0.585. The summed E-state index contributed by atoms with van der Waals surface area (Å²) in [4.78, 5) is 22.2. The number of nitrogens with two attached hydrogens (primary N) is 1. The van der Waals surface area contributed by atoms with E-state index < -0.39 is 12.0 Å². The largest absolute Gasteiger partial charge is 0.481 e. The molecule has 0 bridgehead atoms. The lowest BCUT2D eigenvalue weighted by Gasteiger charge is -2.16. The summed E-state index contributed by atoms with van der Waals surface area (Å²) in [5, 5.41) is 11.5. The van der Waals surface area contributed by atoms with Crippen molar-refractivity contribution in [3.05, 3.63) is 0 Å². The average Bonchev–Trinajstić information content (AvgIpc) is 2.42. The lowest BCUT2D eigenvalue weighted by atomic mass is 9.96. The first-order valence-corrected chi connectivity index (χ1v) is 7.25. The van der Waals surface area contributed by atoms with Crippen LogP contribution in [0.4, 0.5) is 0 Å². The van der Waals surface area contributed by atoms with E-state index in [0.717, 1.165) is 19.3 Å². The number of carbonyl (C=O) groups is 2. The molecule has 0 aromatic rings. The van der Waals surface area contributed by atoms with E-state index in [1.54, 1.807) is 7.11 Å². The van der Waals surface area contributed by atoms with Crippen LogP contribution in [0.1, 0.15) is 45.4 Å². The molecular weight excluding hydrogens is 260 g/mol. The number of aliphatic carboxylic acids is 1. The second-order valence-electron chi connectivity index (χ2n) is 5.03. The van der Waals surface area contributed by atoms with Crippen molar-refractivity contribution in [3.8, 4) is 0 Å². The average molecular weight is 288 g/mol. The Morgan fingerprint density at radius 3 is 2.55 bits per heavy atom. The third kappa shape index (κ3) is 9.75. The monoisotopic (exact) mass is 288 g/mol. The Morgan fingerprint density at radius 2 is 2.00 bits per heavy atom. The standard InChI is InChI=1S/C14H28N2O4/c1-3-11(6-7-13(17)18)8-9-16-14(19)12(15)5-4-10-20-2/h11-12H,3-10,15H2,1-2H3,(H,16,19)(H,17,18). The molecule has 0 aliphatic heterocycles. The van der Waals surface area contributed by atoms with Gasteiger partial charge in [-0.2, -0.15) is 0 Å². The van der Waals surface area contributed by atoms with E-state index in [1.165, 1.54) is 0 Å². The first kappa shape index (κ1) is 18.9. The highest BCUT2D eigenvalue weighted by Crippen LogP contribution is 2.14. The number of carboxylic acids is 1. The third-order valence-electron chi connectivity index (χ3n) is 3.40. The molecule has 0 spiro atoms. The van der Waals surface area contributed by atoms with Crippen LogP contribution in [0, 0.1) is 5.92 Å². The summed E-state index contributed by atoms with van der Waals surface area (Å²) in [6.07, 6.45) is 3.92. The molecule has 0 rings (SSSR count). The van der Waals surface area contributed by atoms with Crippen molar-refractivity contribution in [1.82, 2.24) is 5.32 Å². The molecule has 0 fully saturated rings. The number of ether oxygens (including phenoxy) is 1. The highest BCUT2D eigenvalue weighted by atomic mass is 16.5. The number of methoxy groups -OCH3 is 1. The van der Waals surface area contributed by atoms with E-state index in [2.05, 4.69) is 5.32 Å². The minimum Gasteiger partial charge on any atom is -0.481 e. The molecule has 6 nitrogen and oxygen atoms in total. The van der Waals surface area contributed by atoms with Crippen molar-refractivity contribution in [2.75, 3.05) is 20.3 Å². The Balaban J connectivity index is 3.78. The minimum absolute atomic E-state index is 0.144. The van der Waals surface area contributed by atoms with Gasteiger partial charge in [-0.1, -0.05) is 13.3 Å².